The molecule has 1 fully saturated rings. The number of carboxylic acids is 1. The molecule has 31 heteroatoms. The number of hydrogen-bond acceptors (Lipinski definition) is 22. The van der Waals surface area contributed by atoms with Crippen LogP contribution in [0.5, 0.6) is 0 Å². The van der Waals surface area contributed by atoms with Gasteiger partial charge in [-0.15, -0.1) is 0 Å². The molecule has 3 heterocycles. The van der Waals surface area contributed by atoms with Gasteiger partial charge in [0.15, 0.2) is 28.4 Å². The highest BCUT2D eigenvalue weighted by Crippen LogP contribution is 2.61. The van der Waals surface area contributed by atoms with Crippen molar-refractivity contribution < 1.29 is 95.5 Å². The first-order valence-corrected chi connectivity index (χ1v) is 22.1. The maximum atomic E-state index is 12.6. The van der Waals surface area contributed by atoms with E-state index in [0.717, 1.165) is 35.9 Å². The van der Waals surface area contributed by atoms with E-state index in [1.54, 1.807) is 0 Å². The number of nitrogens with one attached hydrogen (secondary N) is 2. The Hall–Kier alpha value is -3.01. The molecule has 10 N–H and O–H groups in total. The minimum Gasteiger partial charge on any atom is -0.790 e. The number of nitrogens with zero attached hydrogens (tertiary/aromatic N) is 4. The normalized spacial score (nSPS) is 22.4. The van der Waals surface area contributed by atoms with E-state index in [2.05, 4.69) is 38.9 Å². The Morgan fingerprint density at radius 3 is 2.34 bits per heavy atom. The van der Waals surface area contributed by atoms with Gasteiger partial charge in [-0.25, -0.2) is 28.9 Å². The molecule has 8 unspecified atom stereocenters. The Bertz CT molecular complexity index is 1950. The smallest absolute Gasteiger partial charge is 0.481 e. The molecule has 0 aromatic carbocycles. The number of phosphoric ester groups is 3. The number of thioether (sulfide) groups is 1. The Morgan fingerprint density at radius 1 is 1.05 bits per heavy atom. The van der Waals surface area contributed by atoms with Crippen LogP contribution < -0.4 is 26.2 Å². The van der Waals surface area contributed by atoms with Gasteiger partial charge in [-0.2, -0.15) is 4.31 Å². The van der Waals surface area contributed by atoms with E-state index in [-0.39, 0.29) is 55.1 Å². The molecule has 0 saturated carbocycles. The second kappa shape index (κ2) is 20.0. The summed E-state index contributed by atoms with van der Waals surface area (Å²) in [7, 11) is -17.0. The number of phosphoric acid groups is 3. The van der Waals surface area contributed by atoms with Gasteiger partial charge < -0.3 is 70.2 Å². The molecule has 27 nitrogen and oxygen atoms in total. The molecule has 1 saturated heterocycles. The van der Waals surface area contributed by atoms with Crippen molar-refractivity contribution in [3.05, 3.63) is 12.7 Å². The number of aliphatic hydroxyl groups is 3. The number of imidazole rings is 1. The maximum Gasteiger partial charge on any atom is 0.481 e. The van der Waals surface area contributed by atoms with Gasteiger partial charge in [0, 0.05) is 37.1 Å². The average Bonchev–Trinajstić information content (AvgIpc) is 3.67. The Kier molecular flexibility index (Phi) is 17.0. The number of nitrogens with two attached hydrogens (primary N) is 1. The number of carbonyl (C=O) groups is 4. The lowest BCUT2D eigenvalue weighted by atomic mass is 9.87. The van der Waals surface area contributed by atoms with E-state index in [1.165, 1.54) is 13.8 Å². The molecule has 0 aliphatic carbocycles. The minimum absolute atomic E-state index is 0.0161. The van der Waals surface area contributed by atoms with E-state index in [4.69, 9.17) is 20.1 Å². The van der Waals surface area contributed by atoms with E-state index < -0.39 is 101 Å². The van der Waals surface area contributed by atoms with Crippen molar-refractivity contribution in [2.45, 2.75) is 76.3 Å². The number of carboxylic acid groups (broad SMARTS) is 1. The molecule has 8 atom stereocenters. The molecule has 2 aromatic heterocycles. The quantitative estimate of drug-likeness (QED) is 0.0397. The summed E-state index contributed by atoms with van der Waals surface area (Å²) in [5.41, 5.74) is 2.04. The van der Waals surface area contributed by atoms with Crippen molar-refractivity contribution in [2.75, 3.05) is 37.8 Å². The monoisotopic (exact) mass is 909 g/mol. The highest BCUT2D eigenvalue weighted by molar-refractivity contribution is 8.13. The molecule has 0 spiro atoms. The van der Waals surface area contributed by atoms with Crippen LogP contribution in [0.2, 0.25) is 0 Å². The Morgan fingerprint density at radius 2 is 1.71 bits per heavy atom. The summed E-state index contributed by atoms with van der Waals surface area (Å²) >= 11 is 0.815. The van der Waals surface area contributed by atoms with Gasteiger partial charge in [0.1, 0.15) is 36.3 Å². The number of aliphatic carboxylic acids is 1. The summed E-state index contributed by atoms with van der Waals surface area (Å²) in [5, 5.41) is 44.2. The predicted molar refractivity (Wildman–Crippen MR) is 190 cm³/mol. The van der Waals surface area contributed by atoms with Crippen molar-refractivity contribution >= 4 is 75.1 Å². The molecule has 2 aromatic rings. The first kappa shape index (κ1) is 49.4. The third kappa shape index (κ3) is 14.6. The summed E-state index contributed by atoms with van der Waals surface area (Å²) in [4.78, 5) is 102. The molecule has 1 aliphatic heterocycles. The largest absolute Gasteiger partial charge is 0.790 e. The van der Waals surface area contributed by atoms with Gasteiger partial charge in [0.05, 0.1) is 27.4 Å². The van der Waals surface area contributed by atoms with Crippen LogP contribution in [0.1, 0.15) is 46.3 Å². The van der Waals surface area contributed by atoms with Gasteiger partial charge in [-0.3, -0.25) is 28.0 Å². The molecule has 0 bridgehead atoms. The number of aromatic nitrogens is 4. The fourth-order valence-corrected chi connectivity index (χ4v) is 8.30. The summed E-state index contributed by atoms with van der Waals surface area (Å²) in [6.07, 6.45) is -8.08. The van der Waals surface area contributed by atoms with Crippen LogP contribution in [-0.4, -0.2) is 135 Å². The van der Waals surface area contributed by atoms with Crippen LogP contribution in [0.3, 0.4) is 0 Å². The average molecular weight is 910 g/mol. The summed E-state index contributed by atoms with van der Waals surface area (Å²) in [6, 6.07) is 0. The van der Waals surface area contributed by atoms with Gasteiger partial charge >= 0.3 is 21.6 Å². The number of fused-ring (bicyclic) bond motifs is 1. The summed E-state index contributed by atoms with van der Waals surface area (Å²) in [6.45, 7) is 1.07. The molecular weight excluding hydrogens is 867 g/mol. The Labute approximate surface area is 332 Å². The van der Waals surface area contributed by atoms with Gasteiger partial charge in [-0.1, -0.05) is 25.6 Å². The van der Waals surface area contributed by atoms with E-state index in [1.807, 2.05) is 0 Å². The molecule has 2 amide bonds. The van der Waals surface area contributed by atoms with Crippen molar-refractivity contribution in [2.24, 2.45) is 5.41 Å². The molecule has 328 valence electrons. The van der Waals surface area contributed by atoms with Gasteiger partial charge in [-0.05, 0) is 13.3 Å². The SMILES string of the molecule is CC(O)(CCC(=O)SCCNC(=O)CCNC(=O)C(O)C(C)(C)COP(=O)(O)OP(=O)(O)OCC1OC(n2cnc3c(N)ncnc32)C(O)C1OP(=O)([O-])[O-])C(=O)O. The van der Waals surface area contributed by atoms with Crippen LogP contribution in [0.4, 0.5) is 5.82 Å². The highest BCUT2D eigenvalue weighted by Gasteiger charge is 2.48. The zero-order valence-corrected chi connectivity index (χ0v) is 34.2. The lowest BCUT2D eigenvalue weighted by molar-refractivity contribution is -0.347. The van der Waals surface area contributed by atoms with Crippen LogP contribution >= 0.6 is 35.2 Å². The molecular formula is C27H42N7O20P3S-2. The van der Waals surface area contributed by atoms with Crippen LogP contribution in [-0.2, 0) is 55.5 Å². The standard InChI is InChI=1S/C27H44N7O20P3S/c1-26(2,20(38)23(39)30-7-5-15(35)29-8-9-58-16(36)4-6-27(3,42)25(40)41)11-51-57(48,49)54-56(46,47)50-10-14-19(53-55(43,44)45)18(37)24(52-14)34-13-33-17-21(28)31-12-32-22(17)34/h12-14,18-20,24,37-38,42H,4-11H2,1-3H3,(H,29,35)(H,30,39)(H,40,41)(H,46,47)(H,48,49)(H2,28,31,32)(H2,43,44,45)/p-2. The second-order valence-corrected chi connectivity index (χ2v) is 18.6. The first-order valence-electron chi connectivity index (χ1n) is 16.6. The van der Waals surface area contributed by atoms with Crippen molar-refractivity contribution in [3.63, 3.8) is 0 Å². The summed E-state index contributed by atoms with van der Waals surface area (Å²) in [5.74, 6) is -3.00. The fraction of sp³-hybridized carbons (Fsp3) is 0.667. The number of hydrogen-bond donors (Lipinski definition) is 9. The summed E-state index contributed by atoms with van der Waals surface area (Å²) < 4.78 is 61.3. The zero-order valence-electron chi connectivity index (χ0n) is 30.7. The minimum atomic E-state index is -5.84. The third-order valence-corrected chi connectivity index (χ3v) is 12.1. The van der Waals surface area contributed by atoms with Gasteiger partial charge in [0.2, 0.25) is 11.8 Å². The van der Waals surface area contributed by atoms with Crippen LogP contribution in [0.15, 0.2) is 12.7 Å². The maximum absolute atomic E-state index is 12.6. The second-order valence-electron chi connectivity index (χ2n) is 13.3. The molecule has 3 rings (SSSR count). The van der Waals surface area contributed by atoms with E-state index in [0.29, 0.717) is 0 Å². The van der Waals surface area contributed by atoms with Crippen LogP contribution in [0, 0.1) is 5.41 Å². The van der Waals surface area contributed by atoms with E-state index >= 15 is 0 Å². The Balaban J connectivity index is 1.46. The third-order valence-electron chi connectivity index (χ3n) is 8.03. The first-order chi connectivity index (χ1) is 26.6. The van der Waals surface area contributed by atoms with E-state index in [9.17, 15) is 67.8 Å². The topological polar surface area (TPSA) is 427 Å². The number of aliphatic hydroxyl groups excluding tert-OH is 2. The van der Waals surface area contributed by atoms with Crippen LogP contribution in [0.25, 0.3) is 11.2 Å². The number of ether oxygens (including phenoxy) is 1. The lowest BCUT2D eigenvalue weighted by Crippen LogP contribution is -2.46. The van der Waals surface area contributed by atoms with Crippen molar-refractivity contribution in [1.82, 2.24) is 30.2 Å². The number of nitrogen functional groups attached to an aromatic ring is 1. The zero-order chi connectivity index (χ0) is 43.9. The number of carbonyl (C=O) groups excluding carboxylic acids is 3. The number of rotatable bonds is 23. The van der Waals surface area contributed by atoms with Crippen molar-refractivity contribution in [1.29, 1.82) is 0 Å². The highest BCUT2D eigenvalue weighted by atomic mass is 32.2. The van der Waals surface area contributed by atoms with Gasteiger partial charge in [0.25, 0.3) is 0 Å². The predicted octanol–water partition coefficient (Wildman–Crippen LogP) is -2.98. The number of anilines is 1. The molecule has 58 heavy (non-hydrogen) atoms. The lowest BCUT2D eigenvalue weighted by Gasteiger charge is -2.34. The van der Waals surface area contributed by atoms with Crippen molar-refractivity contribution in [3.8, 4) is 0 Å². The molecule has 1 aliphatic rings. The molecule has 0 radical (unpaired) electrons. The number of amides is 2. The fourth-order valence-electron chi connectivity index (χ4n) is 4.81.